The third-order valence-corrected chi connectivity index (χ3v) is 4.71. The molecule has 0 aromatic carbocycles. The number of nitrogens with zero attached hydrogens (tertiary/aromatic N) is 1. The molecule has 1 saturated heterocycles. The van der Waals surface area contributed by atoms with E-state index in [9.17, 15) is 0 Å². The molecule has 1 heterocycles. The van der Waals surface area contributed by atoms with Gasteiger partial charge in [0.05, 0.1) is 0 Å². The van der Waals surface area contributed by atoms with Crippen molar-refractivity contribution in [2.45, 2.75) is 65.0 Å². The molecule has 1 N–H and O–H groups in total. The van der Waals surface area contributed by atoms with Crippen molar-refractivity contribution in [2.24, 2.45) is 11.8 Å². The Labute approximate surface area is 107 Å². The summed E-state index contributed by atoms with van der Waals surface area (Å²) >= 11 is 0. The third-order valence-electron chi connectivity index (χ3n) is 4.71. The summed E-state index contributed by atoms with van der Waals surface area (Å²) < 4.78 is 0. The Kier molecular flexibility index (Phi) is 4.87. The molecule has 17 heavy (non-hydrogen) atoms. The first-order valence-electron chi connectivity index (χ1n) is 7.68. The summed E-state index contributed by atoms with van der Waals surface area (Å²) in [6.45, 7) is 11.0. The van der Waals surface area contributed by atoms with Gasteiger partial charge in [0.2, 0.25) is 0 Å². The van der Waals surface area contributed by atoms with Gasteiger partial charge in [-0.1, -0.05) is 20.3 Å². The highest BCUT2D eigenvalue weighted by Gasteiger charge is 2.34. The molecule has 1 aliphatic heterocycles. The highest BCUT2D eigenvalue weighted by atomic mass is 15.2. The van der Waals surface area contributed by atoms with Crippen LogP contribution < -0.4 is 5.32 Å². The first-order chi connectivity index (χ1) is 8.20. The van der Waals surface area contributed by atoms with Crippen molar-refractivity contribution in [3.8, 4) is 0 Å². The molecule has 1 aliphatic carbocycles. The molecule has 0 bridgehead atoms. The molecule has 2 nitrogen and oxygen atoms in total. The van der Waals surface area contributed by atoms with Gasteiger partial charge in [-0.2, -0.15) is 0 Å². The van der Waals surface area contributed by atoms with Crippen LogP contribution in [0.5, 0.6) is 0 Å². The second-order valence-electron chi connectivity index (χ2n) is 6.34. The number of hydrogen-bond acceptors (Lipinski definition) is 2. The maximum Gasteiger partial charge on any atom is 0.0223 e. The van der Waals surface area contributed by atoms with Gasteiger partial charge in [-0.15, -0.1) is 0 Å². The van der Waals surface area contributed by atoms with Gasteiger partial charge in [-0.25, -0.2) is 0 Å². The smallest absolute Gasteiger partial charge is 0.0223 e. The molecule has 0 aromatic rings. The van der Waals surface area contributed by atoms with Crippen LogP contribution in [0.3, 0.4) is 0 Å². The van der Waals surface area contributed by atoms with Gasteiger partial charge in [0.1, 0.15) is 0 Å². The SMILES string of the molecule is CCC(C)CC(C)N1CCCNC(C2CC2)C1. The van der Waals surface area contributed by atoms with Crippen LogP contribution in [0.2, 0.25) is 0 Å². The lowest BCUT2D eigenvalue weighted by Gasteiger charge is -2.31. The van der Waals surface area contributed by atoms with Gasteiger partial charge in [-0.3, -0.25) is 4.90 Å². The van der Waals surface area contributed by atoms with Crippen LogP contribution in [0.15, 0.2) is 0 Å². The van der Waals surface area contributed by atoms with Crippen molar-refractivity contribution in [2.75, 3.05) is 19.6 Å². The Balaban J connectivity index is 1.84. The van der Waals surface area contributed by atoms with Crippen molar-refractivity contribution in [3.05, 3.63) is 0 Å². The van der Waals surface area contributed by atoms with Crippen LogP contribution in [0.4, 0.5) is 0 Å². The maximum absolute atomic E-state index is 3.75. The molecule has 2 fully saturated rings. The minimum absolute atomic E-state index is 0.770. The minimum atomic E-state index is 0.770. The third kappa shape index (κ3) is 3.96. The lowest BCUT2D eigenvalue weighted by Crippen LogP contribution is -2.43. The van der Waals surface area contributed by atoms with E-state index in [4.69, 9.17) is 0 Å². The molecule has 3 atom stereocenters. The van der Waals surface area contributed by atoms with E-state index >= 15 is 0 Å². The standard InChI is InChI=1S/C15H30N2/c1-4-12(2)10-13(3)17-9-5-8-16-15(11-17)14-6-7-14/h12-16H,4-11H2,1-3H3. The molecule has 100 valence electrons. The van der Waals surface area contributed by atoms with Crippen molar-refractivity contribution in [1.29, 1.82) is 0 Å². The molecular weight excluding hydrogens is 208 g/mol. The second-order valence-corrected chi connectivity index (χ2v) is 6.34. The first kappa shape index (κ1) is 13.4. The summed E-state index contributed by atoms with van der Waals surface area (Å²) in [5, 5.41) is 3.75. The van der Waals surface area contributed by atoms with E-state index in [2.05, 4.69) is 31.0 Å². The van der Waals surface area contributed by atoms with Crippen LogP contribution in [0, 0.1) is 11.8 Å². The normalized spacial score (nSPS) is 30.9. The fourth-order valence-electron chi connectivity index (χ4n) is 3.09. The van der Waals surface area contributed by atoms with Crippen LogP contribution >= 0.6 is 0 Å². The Morgan fingerprint density at radius 1 is 1.29 bits per heavy atom. The molecule has 0 radical (unpaired) electrons. The van der Waals surface area contributed by atoms with Gasteiger partial charge >= 0.3 is 0 Å². The van der Waals surface area contributed by atoms with Gasteiger partial charge < -0.3 is 5.32 Å². The number of nitrogens with one attached hydrogen (secondary N) is 1. The first-order valence-corrected chi connectivity index (χ1v) is 7.68. The van der Waals surface area contributed by atoms with Gasteiger partial charge in [0.15, 0.2) is 0 Å². The Morgan fingerprint density at radius 2 is 2.06 bits per heavy atom. The number of hydrogen-bond donors (Lipinski definition) is 1. The van der Waals surface area contributed by atoms with E-state index in [1.807, 2.05) is 0 Å². The van der Waals surface area contributed by atoms with Crippen molar-refractivity contribution in [1.82, 2.24) is 10.2 Å². The fraction of sp³-hybridized carbons (Fsp3) is 1.00. The highest BCUT2D eigenvalue weighted by Crippen LogP contribution is 2.34. The van der Waals surface area contributed by atoms with E-state index in [-0.39, 0.29) is 0 Å². The molecule has 3 unspecified atom stereocenters. The van der Waals surface area contributed by atoms with Crippen LogP contribution in [0.25, 0.3) is 0 Å². The summed E-state index contributed by atoms with van der Waals surface area (Å²) in [7, 11) is 0. The van der Waals surface area contributed by atoms with E-state index < -0.39 is 0 Å². The summed E-state index contributed by atoms with van der Waals surface area (Å²) in [6.07, 6.45) is 6.95. The van der Waals surface area contributed by atoms with Crippen molar-refractivity contribution < 1.29 is 0 Å². The van der Waals surface area contributed by atoms with E-state index in [1.165, 1.54) is 51.7 Å². The van der Waals surface area contributed by atoms with E-state index in [0.717, 1.165) is 23.9 Å². The molecule has 2 rings (SSSR count). The largest absolute Gasteiger partial charge is 0.312 e. The Bertz CT molecular complexity index is 225. The van der Waals surface area contributed by atoms with Crippen LogP contribution in [-0.4, -0.2) is 36.6 Å². The average molecular weight is 238 g/mol. The van der Waals surface area contributed by atoms with Gasteiger partial charge in [0.25, 0.3) is 0 Å². The molecule has 1 saturated carbocycles. The Morgan fingerprint density at radius 3 is 2.71 bits per heavy atom. The molecule has 0 spiro atoms. The minimum Gasteiger partial charge on any atom is -0.312 e. The zero-order valence-electron chi connectivity index (χ0n) is 11.9. The topological polar surface area (TPSA) is 15.3 Å². The quantitative estimate of drug-likeness (QED) is 0.792. The van der Waals surface area contributed by atoms with E-state index in [0.29, 0.717) is 0 Å². The predicted molar refractivity (Wildman–Crippen MR) is 74.2 cm³/mol. The summed E-state index contributed by atoms with van der Waals surface area (Å²) in [4.78, 5) is 2.75. The predicted octanol–water partition coefficient (Wildman–Crippen LogP) is 2.89. The second kappa shape index (κ2) is 6.19. The Hall–Kier alpha value is -0.0800. The molecule has 0 aromatic heterocycles. The van der Waals surface area contributed by atoms with Crippen LogP contribution in [0.1, 0.15) is 52.9 Å². The van der Waals surface area contributed by atoms with Crippen molar-refractivity contribution >= 4 is 0 Å². The lowest BCUT2D eigenvalue weighted by atomic mass is 9.99. The fourth-order valence-corrected chi connectivity index (χ4v) is 3.09. The van der Waals surface area contributed by atoms with Gasteiger partial charge in [0, 0.05) is 18.6 Å². The zero-order valence-corrected chi connectivity index (χ0v) is 11.9. The van der Waals surface area contributed by atoms with Crippen LogP contribution in [-0.2, 0) is 0 Å². The molecule has 2 aliphatic rings. The maximum atomic E-state index is 3.75. The zero-order chi connectivity index (χ0) is 12.3. The van der Waals surface area contributed by atoms with Gasteiger partial charge in [-0.05, 0) is 57.5 Å². The van der Waals surface area contributed by atoms with Crippen molar-refractivity contribution in [3.63, 3.8) is 0 Å². The molecule has 2 heteroatoms. The lowest BCUT2D eigenvalue weighted by molar-refractivity contribution is 0.175. The molecule has 0 amide bonds. The highest BCUT2D eigenvalue weighted by molar-refractivity contribution is 4.91. The summed E-state index contributed by atoms with van der Waals surface area (Å²) in [5.74, 6) is 1.87. The monoisotopic (exact) mass is 238 g/mol. The molecular formula is C15H30N2. The van der Waals surface area contributed by atoms with E-state index in [1.54, 1.807) is 0 Å². The summed E-state index contributed by atoms with van der Waals surface area (Å²) in [5.41, 5.74) is 0. The summed E-state index contributed by atoms with van der Waals surface area (Å²) in [6, 6.07) is 1.56. The average Bonchev–Trinajstić information content (AvgIpc) is 3.14. The number of rotatable bonds is 5.